The molecule has 3 rings (SSSR count). The number of nitrogens with zero attached hydrogens (tertiary/aromatic N) is 2. The lowest BCUT2D eigenvalue weighted by molar-refractivity contribution is -0.146. The summed E-state index contributed by atoms with van der Waals surface area (Å²) in [6, 6.07) is 16.1. The number of pyridine rings is 1. The van der Waals surface area contributed by atoms with E-state index in [9.17, 15) is 4.79 Å². The van der Waals surface area contributed by atoms with Gasteiger partial charge in [0.05, 0.1) is 18.3 Å². The van der Waals surface area contributed by atoms with Crippen LogP contribution in [0.3, 0.4) is 0 Å². The Bertz CT molecular complexity index is 656. The highest BCUT2D eigenvalue weighted by atomic mass is 16.5. The molecule has 1 saturated carbocycles. The molecular formula is C20H24N2O2. The van der Waals surface area contributed by atoms with E-state index in [1.807, 2.05) is 67.3 Å². The molecule has 1 fully saturated rings. The van der Waals surface area contributed by atoms with Crippen molar-refractivity contribution in [1.29, 1.82) is 0 Å². The SMILES string of the molecule is CC(OCc1ccccc1)C(=O)N(C1CC1)C(C)c1ccccn1. The first-order valence-electron chi connectivity index (χ1n) is 8.55. The van der Waals surface area contributed by atoms with Crippen molar-refractivity contribution in [3.8, 4) is 0 Å². The first-order chi connectivity index (χ1) is 11.7. The van der Waals surface area contributed by atoms with E-state index < -0.39 is 6.10 Å². The van der Waals surface area contributed by atoms with Gasteiger partial charge in [-0.1, -0.05) is 36.4 Å². The fourth-order valence-corrected chi connectivity index (χ4v) is 2.88. The van der Waals surface area contributed by atoms with Gasteiger partial charge >= 0.3 is 0 Å². The molecule has 1 aliphatic carbocycles. The van der Waals surface area contributed by atoms with E-state index in [-0.39, 0.29) is 11.9 Å². The third-order valence-electron chi connectivity index (χ3n) is 4.42. The zero-order chi connectivity index (χ0) is 16.9. The fraction of sp³-hybridized carbons (Fsp3) is 0.400. The molecule has 0 saturated heterocycles. The Morgan fingerprint density at radius 1 is 1.17 bits per heavy atom. The fourth-order valence-electron chi connectivity index (χ4n) is 2.88. The molecule has 1 aromatic heterocycles. The van der Waals surface area contributed by atoms with Crippen molar-refractivity contribution in [2.45, 2.75) is 51.5 Å². The van der Waals surface area contributed by atoms with Crippen LogP contribution in [0.25, 0.3) is 0 Å². The van der Waals surface area contributed by atoms with E-state index in [2.05, 4.69) is 4.98 Å². The third-order valence-corrected chi connectivity index (χ3v) is 4.42. The molecule has 2 unspecified atom stereocenters. The molecule has 4 heteroatoms. The lowest BCUT2D eigenvalue weighted by Crippen LogP contribution is -2.42. The quantitative estimate of drug-likeness (QED) is 0.779. The van der Waals surface area contributed by atoms with Crippen molar-refractivity contribution in [3.05, 3.63) is 66.0 Å². The molecule has 0 radical (unpaired) electrons. The molecular weight excluding hydrogens is 300 g/mol. The topological polar surface area (TPSA) is 42.4 Å². The standard InChI is InChI=1S/C20H24N2O2/c1-15(19-10-6-7-13-21-19)22(18-11-12-18)20(23)16(2)24-14-17-8-4-3-5-9-17/h3-10,13,15-16,18H,11-12,14H2,1-2H3. The van der Waals surface area contributed by atoms with Gasteiger partial charge in [0.2, 0.25) is 0 Å². The minimum Gasteiger partial charge on any atom is -0.364 e. The smallest absolute Gasteiger partial charge is 0.252 e. The van der Waals surface area contributed by atoms with E-state index in [0.717, 1.165) is 24.1 Å². The monoisotopic (exact) mass is 324 g/mol. The van der Waals surface area contributed by atoms with Gasteiger partial charge in [0.15, 0.2) is 0 Å². The molecule has 2 aromatic rings. The van der Waals surface area contributed by atoms with Crippen LogP contribution in [-0.2, 0) is 16.1 Å². The Labute approximate surface area is 143 Å². The minimum absolute atomic E-state index is 0.0334. The molecule has 0 N–H and O–H groups in total. The number of hydrogen-bond donors (Lipinski definition) is 0. The van der Waals surface area contributed by atoms with Crippen LogP contribution in [0.4, 0.5) is 0 Å². The summed E-state index contributed by atoms with van der Waals surface area (Å²) in [7, 11) is 0. The normalized spacial score (nSPS) is 16.4. The number of ether oxygens (including phenoxy) is 1. The Kier molecular flexibility index (Phi) is 5.26. The molecule has 1 heterocycles. The highest BCUT2D eigenvalue weighted by Gasteiger charge is 2.38. The average molecular weight is 324 g/mol. The van der Waals surface area contributed by atoms with Crippen LogP contribution in [-0.4, -0.2) is 27.9 Å². The predicted molar refractivity (Wildman–Crippen MR) is 93.2 cm³/mol. The summed E-state index contributed by atoms with van der Waals surface area (Å²) >= 11 is 0. The van der Waals surface area contributed by atoms with Crippen LogP contribution >= 0.6 is 0 Å². The molecule has 0 aliphatic heterocycles. The number of aromatic nitrogens is 1. The highest BCUT2D eigenvalue weighted by molar-refractivity contribution is 5.81. The molecule has 1 aromatic carbocycles. The maximum Gasteiger partial charge on any atom is 0.252 e. The van der Waals surface area contributed by atoms with Crippen molar-refractivity contribution in [2.75, 3.05) is 0 Å². The summed E-state index contributed by atoms with van der Waals surface area (Å²) in [5.74, 6) is 0.0478. The zero-order valence-electron chi connectivity index (χ0n) is 14.3. The van der Waals surface area contributed by atoms with Crippen molar-refractivity contribution in [1.82, 2.24) is 9.88 Å². The van der Waals surface area contributed by atoms with Crippen molar-refractivity contribution >= 4 is 5.91 Å². The Morgan fingerprint density at radius 2 is 1.88 bits per heavy atom. The third kappa shape index (κ3) is 4.01. The lowest BCUT2D eigenvalue weighted by atomic mass is 10.1. The highest BCUT2D eigenvalue weighted by Crippen LogP contribution is 2.34. The van der Waals surface area contributed by atoms with Crippen molar-refractivity contribution < 1.29 is 9.53 Å². The number of carbonyl (C=O) groups excluding carboxylic acids is 1. The van der Waals surface area contributed by atoms with Crippen LogP contribution in [0.5, 0.6) is 0 Å². The molecule has 1 aliphatic rings. The van der Waals surface area contributed by atoms with E-state index in [1.165, 1.54) is 0 Å². The zero-order valence-corrected chi connectivity index (χ0v) is 14.3. The summed E-state index contributed by atoms with van der Waals surface area (Å²) in [6.45, 7) is 4.33. The van der Waals surface area contributed by atoms with Gasteiger partial charge in [0.1, 0.15) is 6.10 Å². The van der Waals surface area contributed by atoms with Gasteiger partial charge in [-0.05, 0) is 44.4 Å². The number of amides is 1. The largest absolute Gasteiger partial charge is 0.364 e. The van der Waals surface area contributed by atoms with Crippen LogP contribution in [0, 0.1) is 0 Å². The van der Waals surface area contributed by atoms with Crippen molar-refractivity contribution in [2.24, 2.45) is 0 Å². The van der Waals surface area contributed by atoms with E-state index in [0.29, 0.717) is 12.6 Å². The van der Waals surface area contributed by atoms with Crippen LogP contribution in [0.2, 0.25) is 0 Å². The molecule has 2 atom stereocenters. The van der Waals surface area contributed by atoms with Gasteiger partial charge in [-0.3, -0.25) is 9.78 Å². The summed E-state index contributed by atoms with van der Waals surface area (Å²) < 4.78 is 5.82. The summed E-state index contributed by atoms with van der Waals surface area (Å²) in [6.07, 6.45) is 3.44. The molecule has 0 bridgehead atoms. The second kappa shape index (κ2) is 7.58. The van der Waals surface area contributed by atoms with Gasteiger partial charge in [0.25, 0.3) is 5.91 Å². The van der Waals surface area contributed by atoms with Crippen LogP contribution in [0.1, 0.15) is 44.0 Å². The van der Waals surface area contributed by atoms with Crippen LogP contribution in [0.15, 0.2) is 54.7 Å². The van der Waals surface area contributed by atoms with Gasteiger partial charge in [-0.25, -0.2) is 0 Å². The maximum atomic E-state index is 12.9. The second-order valence-electron chi connectivity index (χ2n) is 6.35. The number of rotatable bonds is 7. The Balaban J connectivity index is 1.66. The first-order valence-corrected chi connectivity index (χ1v) is 8.55. The summed E-state index contributed by atoms with van der Waals surface area (Å²) in [5.41, 5.74) is 2.00. The number of carbonyl (C=O) groups is 1. The first kappa shape index (κ1) is 16.7. The van der Waals surface area contributed by atoms with Gasteiger partial charge in [-0.2, -0.15) is 0 Å². The van der Waals surface area contributed by atoms with E-state index in [4.69, 9.17) is 4.74 Å². The molecule has 4 nitrogen and oxygen atoms in total. The van der Waals surface area contributed by atoms with Gasteiger partial charge < -0.3 is 9.64 Å². The number of benzene rings is 1. The molecule has 24 heavy (non-hydrogen) atoms. The predicted octanol–water partition coefficient (Wildman–Crippen LogP) is 3.74. The molecule has 1 amide bonds. The molecule has 126 valence electrons. The lowest BCUT2D eigenvalue weighted by Gasteiger charge is -2.31. The minimum atomic E-state index is -0.461. The van der Waals surface area contributed by atoms with Gasteiger partial charge in [0, 0.05) is 12.2 Å². The van der Waals surface area contributed by atoms with Crippen LogP contribution < -0.4 is 0 Å². The van der Waals surface area contributed by atoms with Crippen molar-refractivity contribution in [3.63, 3.8) is 0 Å². The molecule has 0 spiro atoms. The van der Waals surface area contributed by atoms with E-state index >= 15 is 0 Å². The maximum absolute atomic E-state index is 12.9. The average Bonchev–Trinajstić information content (AvgIpc) is 3.46. The Morgan fingerprint density at radius 3 is 2.50 bits per heavy atom. The summed E-state index contributed by atoms with van der Waals surface area (Å²) in [4.78, 5) is 19.3. The Hall–Kier alpha value is -2.20. The number of hydrogen-bond acceptors (Lipinski definition) is 3. The van der Waals surface area contributed by atoms with E-state index in [1.54, 1.807) is 6.20 Å². The summed E-state index contributed by atoms with van der Waals surface area (Å²) in [5, 5.41) is 0. The second-order valence-corrected chi connectivity index (χ2v) is 6.35. The van der Waals surface area contributed by atoms with Gasteiger partial charge in [-0.15, -0.1) is 0 Å².